The number of carbonyl (C=O) groups is 3. The first kappa shape index (κ1) is 16.6. The van der Waals surface area contributed by atoms with Crippen LogP contribution in [0, 0.1) is 6.92 Å². The first-order chi connectivity index (χ1) is 11.0. The number of methoxy groups -OCH3 is 2. The lowest BCUT2D eigenvalue weighted by Gasteiger charge is -2.05. The second-order valence-corrected chi connectivity index (χ2v) is 5.45. The van der Waals surface area contributed by atoms with E-state index in [2.05, 4.69) is 15.0 Å². The second-order valence-electron chi connectivity index (χ2n) is 4.43. The van der Waals surface area contributed by atoms with E-state index in [0.717, 1.165) is 11.3 Å². The molecule has 0 unspecified atom stereocenters. The molecule has 2 heterocycles. The van der Waals surface area contributed by atoms with Crippen molar-refractivity contribution in [2.24, 2.45) is 0 Å². The molecule has 0 aliphatic rings. The Bertz CT molecular complexity index is 755. The van der Waals surface area contributed by atoms with Crippen LogP contribution in [0.4, 0.5) is 5.00 Å². The Morgan fingerprint density at radius 1 is 1.09 bits per heavy atom. The molecule has 0 saturated heterocycles. The molecule has 8 heteroatoms. The van der Waals surface area contributed by atoms with Gasteiger partial charge in [0.05, 0.1) is 19.8 Å². The van der Waals surface area contributed by atoms with Gasteiger partial charge in [-0.3, -0.25) is 9.78 Å². The number of aromatic nitrogens is 1. The molecule has 0 fully saturated rings. The number of carbonyl (C=O) groups excluding carboxylic acids is 3. The molecule has 120 valence electrons. The van der Waals surface area contributed by atoms with Crippen molar-refractivity contribution < 1.29 is 23.9 Å². The minimum absolute atomic E-state index is 0.139. The van der Waals surface area contributed by atoms with E-state index < -0.39 is 17.8 Å². The minimum atomic E-state index is -0.640. The fourth-order valence-electron chi connectivity index (χ4n) is 1.92. The Balaban J connectivity index is 2.42. The molecule has 0 saturated carbocycles. The molecule has 0 atom stereocenters. The van der Waals surface area contributed by atoms with Crippen molar-refractivity contribution in [1.29, 1.82) is 0 Å². The van der Waals surface area contributed by atoms with Gasteiger partial charge in [0.15, 0.2) is 0 Å². The molecule has 0 radical (unpaired) electrons. The number of pyridine rings is 1. The molecule has 0 aliphatic heterocycles. The Kier molecular flexibility index (Phi) is 5.07. The van der Waals surface area contributed by atoms with Crippen LogP contribution >= 0.6 is 11.3 Å². The maximum Gasteiger partial charge on any atom is 0.348 e. The molecule has 1 N–H and O–H groups in total. The molecule has 0 aromatic carbocycles. The molecular formula is C15H14N2O5S. The predicted octanol–water partition coefficient (Wildman–Crippen LogP) is 2.28. The summed E-state index contributed by atoms with van der Waals surface area (Å²) >= 11 is 0.963. The van der Waals surface area contributed by atoms with E-state index in [0.29, 0.717) is 11.1 Å². The third-order valence-corrected chi connectivity index (χ3v) is 4.26. The van der Waals surface area contributed by atoms with Crippen molar-refractivity contribution in [3.63, 3.8) is 0 Å². The number of esters is 2. The fourth-order valence-corrected chi connectivity index (χ4v) is 3.02. The smallest absolute Gasteiger partial charge is 0.348 e. The maximum absolute atomic E-state index is 12.2. The third-order valence-electron chi connectivity index (χ3n) is 3.08. The first-order valence-corrected chi connectivity index (χ1v) is 7.32. The highest BCUT2D eigenvalue weighted by Gasteiger charge is 2.26. The predicted molar refractivity (Wildman–Crippen MR) is 83.9 cm³/mol. The Morgan fingerprint density at radius 2 is 1.70 bits per heavy atom. The minimum Gasteiger partial charge on any atom is -0.465 e. The zero-order valence-corrected chi connectivity index (χ0v) is 13.5. The van der Waals surface area contributed by atoms with E-state index in [9.17, 15) is 14.4 Å². The summed E-state index contributed by atoms with van der Waals surface area (Å²) in [6, 6.07) is 3.07. The normalized spacial score (nSPS) is 10.0. The number of amides is 1. The monoisotopic (exact) mass is 334 g/mol. The number of nitrogens with one attached hydrogen (secondary N) is 1. The first-order valence-electron chi connectivity index (χ1n) is 6.51. The molecule has 2 rings (SSSR count). The van der Waals surface area contributed by atoms with E-state index in [1.807, 2.05) is 0 Å². The summed E-state index contributed by atoms with van der Waals surface area (Å²) in [6.07, 6.45) is 2.96. The van der Waals surface area contributed by atoms with Gasteiger partial charge >= 0.3 is 11.9 Å². The van der Waals surface area contributed by atoms with Gasteiger partial charge in [-0.05, 0) is 24.6 Å². The standard InChI is InChI=1S/C15H14N2O5S/c1-8-10(14(19)21-2)13(23-11(8)15(20)22-3)17-12(18)9-4-6-16-7-5-9/h4-7H,1-3H3,(H,17,18). The van der Waals surface area contributed by atoms with Gasteiger partial charge < -0.3 is 14.8 Å². The topological polar surface area (TPSA) is 94.6 Å². The number of hydrogen-bond acceptors (Lipinski definition) is 7. The van der Waals surface area contributed by atoms with Gasteiger partial charge in [0, 0.05) is 18.0 Å². The van der Waals surface area contributed by atoms with E-state index in [1.165, 1.54) is 38.7 Å². The van der Waals surface area contributed by atoms with Crippen LogP contribution in [0.25, 0.3) is 0 Å². The number of rotatable bonds is 4. The zero-order valence-electron chi connectivity index (χ0n) is 12.7. The lowest BCUT2D eigenvalue weighted by atomic mass is 10.1. The van der Waals surface area contributed by atoms with Crippen LogP contribution in [-0.4, -0.2) is 37.0 Å². The fraction of sp³-hybridized carbons (Fsp3) is 0.200. The van der Waals surface area contributed by atoms with Gasteiger partial charge in [0.2, 0.25) is 0 Å². The summed E-state index contributed by atoms with van der Waals surface area (Å²) in [5, 5.41) is 2.86. The number of anilines is 1. The molecular weight excluding hydrogens is 320 g/mol. The Labute approximate surface area is 136 Å². The summed E-state index contributed by atoms with van der Waals surface area (Å²) < 4.78 is 9.41. The van der Waals surface area contributed by atoms with Gasteiger partial charge in [-0.2, -0.15) is 0 Å². The van der Waals surface area contributed by atoms with Gasteiger partial charge in [-0.15, -0.1) is 11.3 Å². The van der Waals surface area contributed by atoms with Crippen molar-refractivity contribution in [3.8, 4) is 0 Å². The third kappa shape index (κ3) is 3.37. The molecule has 1 amide bonds. The molecule has 0 aliphatic carbocycles. The lowest BCUT2D eigenvalue weighted by molar-refractivity contribution is 0.0601. The van der Waals surface area contributed by atoms with Crippen LogP contribution in [0.5, 0.6) is 0 Å². The summed E-state index contributed by atoms with van der Waals surface area (Å²) in [6.45, 7) is 1.59. The molecule has 0 bridgehead atoms. The number of thiophene rings is 1. The summed E-state index contributed by atoms with van der Waals surface area (Å²) in [4.78, 5) is 40.1. The van der Waals surface area contributed by atoms with Crippen molar-refractivity contribution in [3.05, 3.63) is 46.1 Å². The molecule has 2 aromatic rings. The highest BCUT2D eigenvalue weighted by atomic mass is 32.1. The van der Waals surface area contributed by atoms with Crippen molar-refractivity contribution in [1.82, 2.24) is 4.98 Å². The van der Waals surface area contributed by atoms with Crippen molar-refractivity contribution in [2.45, 2.75) is 6.92 Å². The summed E-state index contributed by atoms with van der Waals surface area (Å²) in [7, 11) is 2.47. The van der Waals surface area contributed by atoms with Gasteiger partial charge in [-0.25, -0.2) is 9.59 Å². The Hall–Kier alpha value is -2.74. The largest absolute Gasteiger partial charge is 0.465 e. The van der Waals surface area contributed by atoms with Crippen LogP contribution in [0.2, 0.25) is 0 Å². The quantitative estimate of drug-likeness (QED) is 0.862. The van der Waals surface area contributed by atoms with E-state index in [-0.39, 0.29) is 15.4 Å². The van der Waals surface area contributed by atoms with Gasteiger partial charge in [0.25, 0.3) is 5.91 Å². The molecule has 23 heavy (non-hydrogen) atoms. The van der Waals surface area contributed by atoms with E-state index >= 15 is 0 Å². The molecule has 0 spiro atoms. The van der Waals surface area contributed by atoms with Crippen LogP contribution in [0.1, 0.15) is 36.0 Å². The average molecular weight is 334 g/mol. The van der Waals surface area contributed by atoms with E-state index in [4.69, 9.17) is 4.74 Å². The highest BCUT2D eigenvalue weighted by molar-refractivity contribution is 7.18. The van der Waals surface area contributed by atoms with E-state index in [1.54, 1.807) is 6.92 Å². The SMILES string of the molecule is COC(=O)c1sc(NC(=O)c2ccncc2)c(C(=O)OC)c1C. The van der Waals surface area contributed by atoms with Crippen LogP contribution < -0.4 is 5.32 Å². The number of ether oxygens (including phenoxy) is 2. The van der Waals surface area contributed by atoms with Crippen LogP contribution in [0.15, 0.2) is 24.5 Å². The van der Waals surface area contributed by atoms with Crippen molar-refractivity contribution in [2.75, 3.05) is 19.5 Å². The zero-order chi connectivity index (χ0) is 17.0. The van der Waals surface area contributed by atoms with Gasteiger partial charge in [-0.1, -0.05) is 0 Å². The van der Waals surface area contributed by atoms with Crippen molar-refractivity contribution >= 4 is 34.2 Å². The molecule has 2 aromatic heterocycles. The Morgan fingerprint density at radius 3 is 2.26 bits per heavy atom. The van der Waals surface area contributed by atoms with Gasteiger partial charge in [0.1, 0.15) is 9.88 Å². The summed E-state index contributed by atoms with van der Waals surface area (Å²) in [5.41, 5.74) is 0.917. The average Bonchev–Trinajstić information content (AvgIpc) is 2.90. The van der Waals surface area contributed by atoms with Crippen LogP contribution in [-0.2, 0) is 9.47 Å². The summed E-state index contributed by atoms with van der Waals surface area (Å²) in [5.74, 6) is -1.64. The van der Waals surface area contributed by atoms with Crippen LogP contribution in [0.3, 0.4) is 0 Å². The lowest BCUT2D eigenvalue weighted by Crippen LogP contribution is -2.14. The molecule has 7 nitrogen and oxygen atoms in total. The number of nitrogens with zero attached hydrogens (tertiary/aromatic N) is 1. The second kappa shape index (κ2) is 7.01. The number of hydrogen-bond donors (Lipinski definition) is 1. The highest BCUT2D eigenvalue weighted by Crippen LogP contribution is 2.34. The maximum atomic E-state index is 12.2.